The molecule has 274 valence electrons. The summed E-state index contributed by atoms with van der Waals surface area (Å²) in [5, 5.41) is 10.4. The van der Waals surface area contributed by atoms with Gasteiger partial charge in [-0.2, -0.15) is 0 Å². The number of aromatic nitrogens is 3. The minimum Gasteiger partial charge on any atom is -0.454 e. The lowest BCUT2D eigenvalue weighted by Gasteiger charge is -2.15. The summed E-state index contributed by atoms with van der Waals surface area (Å²) in [6, 6.07) is 71.8. The number of benzene rings is 9. The molecular weight excluding hydrogens is 719 g/mol. The Balaban J connectivity index is 1.09. The third kappa shape index (κ3) is 4.63. The smallest absolute Gasteiger partial charge is 0.160 e. The molecular formula is C55H33N3O. The highest BCUT2D eigenvalue weighted by Gasteiger charge is 2.24. The molecule has 0 spiro atoms. The van der Waals surface area contributed by atoms with Crippen molar-refractivity contribution in [2.75, 3.05) is 0 Å². The first-order chi connectivity index (χ1) is 29.3. The van der Waals surface area contributed by atoms with E-state index in [0.29, 0.717) is 0 Å². The molecule has 0 aliphatic heterocycles. The minimum absolute atomic E-state index is 0.862. The predicted octanol–water partition coefficient (Wildman–Crippen LogP) is 14.8. The normalized spacial score (nSPS) is 12.1. The van der Waals surface area contributed by atoms with Crippen LogP contribution >= 0.6 is 0 Å². The zero-order valence-corrected chi connectivity index (χ0v) is 31.8. The van der Waals surface area contributed by atoms with E-state index >= 15 is 0 Å². The molecule has 0 aliphatic carbocycles. The lowest BCUT2D eigenvalue weighted by atomic mass is 9.95. The number of nitrogens with zero attached hydrogens (tertiary/aromatic N) is 3. The van der Waals surface area contributed by atoms with E-state index < -0.39 is 0 Å². The van der Waals surface area contributed by atoms with Crippen LogP contribution in [-0.4, -0.2) is 14.1 Å². The highest BCUT2D eigenvalue weighted by Crippen LogP contribution is 2.46. The Morgan fingerprint density at radius 1 is 0.356 bits per heavy atom. The van der Waals surface area contributed by atoms with Crippen LogP contribution in [0.3, 0.4) is 0 Å². The molecule has 4 nitrogen and oxygen atoms in total. The average Bonchev–Trinajstić information content (AvgIpc) is 3.97. The quantitative estimate of drug-likeness (QED) is 0.168. The summed E-state index contributed by atoms with van der Waals surface area (Å²) in [6.45, 7) is 0. The molecule has 0 saturated heterocycles. The molecule has 59 heavy (non-hydrogen) atoms. The van der Waals surface area contributed by atoms with E-state index in [4.69, 9.17) is 9.40 Å². The van der Waals surface area contributed by atoms with Crippen LogP contribution in [0, 0.1) is 0 Å². The van der Waals surface area contributed by atoms with Crippen molar-refractivity contribution in [3.05, 3.63) is 200 Å². The maximum atomic E-state index is 6.97. The van der Waals surface area contributed by atoms with Crippen molar-refractivity contribution in [1.29, 1.82) is 0 Å². The topological polar surface area (TPSA) is 35.9 Å². The maximum absolute atomic E-state index is 6.97. The van der Waals surface area contributed by atoms with E-state index in [9.17, 15) is 0 Å². The zero-order valence-electron chi connectivity index (χ0n) is 31.8. The Labute approximate surface area is 338 Å². The van der Waals surface area contributed by atoms with E-state index in [0.717, 1.165) is 77.3 Å². The first-order valence-corrected chi connectivity index (χ1v) is 20.1. The van der Waals surface area contributed by atoms with Crippen molar-refractivity contribution in [2.45, 2.75) is 0 Å². The van der Waals surface area contributed by atoms with Crippen molar-refractivity contribution >= 4 is 87.2 Å². The SMILES string of the molecule is c1ccc(-c2nc3ccccc3c3c2cc(-n2c4ccccc4c4cc(-c5ccc6c(c5)c5ccccc5n6-c5ccccc5)ccc42)c2oc4ccccc4c23)cc1. The molecule has 0 aliphatic rings. The van der Waals surface area contributed by atoms with Crippen LogP contribution < -0.4 is 0 Å². The van der Waals surface area contributed by atoms with Crippen LogP contribution in [0.1, 0.15) is 0 Å². The maximum Gasteiger partial charge on any atom is 0.160 e. The molecule has 0 radical (unpaired) electrons. The molecule has 0 saturated carbocycles. The van der Waals surface area contributed by atoms with E-state index in [1.54, 1.807) is 0 Å². The second-order valence-corrected chi connectivity index (χ2v) is 15.5. The highest BCUT2D eigenvalue weighted by atomic mass is 16.3. The van der Waals surface area contributed by atoms with Gasteiger partial charge in [-0.15, -0.1) is 0 Å². The Morgan fingerprint density at radius 2 is 0.898 bits per heavy atom. The molecule has 0 bridgehead atoms. The summed E-state index contributed by atoms with van der Waals surface area (Å²) in [7, 11) is 0. The number of para-hydroxylation sites is 5. The third-order valence-corrected chi connectivity index (χ3v) is 12.3. The van der Waals surface area contributed by atoms with Gasteiger partial charge in [0.2, 0.25) is 0 Å². The molecule has 4 heteroatoms. The number of hydrogen-bond donors (Lipinski definition) is 0. The summed E-state index contributed by atoms with van der Waals surface area (Å²) >= 11 is 0. The Morgan fingerprint density at radius 3 is 1.61 bits per heavy atom. The van der Waals surface area contributed by atoms with E-state index in [1.165, 1.54) is 43.7 Å². The standard InChI is InChI=1S/C55H33N3O/c1-3-15-34(16-4-1)54-44-33-50(55-53(41-22-10-14-26-51(41)59-55)52(44)40-21-7-11-23-45(40)56-54)58-47-25-13-9-20-39(47)43-32-36(28-30-49(43)58)35-27-29-48-42(31-35)38-19-8-12-24-46(38)57(48)37-17-5-2-6-18-37/h1-33H. The lowest BCUT2D eigenvalue weighted by molar-refractivity contribution is 0.666. The minimum atomic E-state index is 0.862. The van der Waals surface area contributed by atoms with Crippen LogP contribution in [0.25, 0.3) is 121 Å². The predicted molar refractivity (Wildman–Crippen MR) is 246 cm³/mol. The van der Waals surface area contributed by atoms with Crippen molar-refractivity contribution in [3.63, 3.8) is 0 Å². The van der Waals surface area contributed by atoms with Gasteiger partial charge in [-0.3, -0.25) is 0 Å². The van der Waals surface area contributed by atoms with Gasteiger partial charge in [-0.25, -0.2) is 4.98 Å². The van der Waals surface area contributed by atoms with Gasteiger partial charge in [0.15, 0.2) is 5.58 Å². The molecule has 0 atom stereocenters. The largest absolute Gasteiger partial charge is 0.454 e. The van der Waals surface area contributed by atoms with Crippen molar-refractivity contribution in [2.24, 2.45) is 0 Å². The lowest BCUT2D eigenvalue weighted by Crippen LogP contribution is -1.97. The fourth-order valence-electron chi connectivity index (χ4n) is 9.71. The van der Waals surface area contributed by atoms with E-state index in [1.807, 2.05) is 0 Å². The fourth-order valence-corrected chi connectivity index (χ4v) is 9.71. The molecule has 4 heterocycles. The number of fused-ring (bicyclic) bond motifs is 13. The highest BCUT2D eigenvalue weighted by molar-refractivity contribution is 6.30. The molecule has 0 N–H and O–H groups in total. The second kappa shape index (κ2) is 12.3. The van der Waals surface area contributed by atoms with Gasteiger partial charge >= 0.3 is 0 Å². The average molecular weight is 752 g/mol. The monoisotopic (exact) mass is 751 g/mol. The second-order valence-electron chi connectivity index (χ2n) is 15.5. The summed E-state index contributed by atoms with van der Waals surface area (Å²) in [5.41, 5.74) is 13.9. The van der Waals surface area contributed by atoms with Crippen molar-refractivity contribution < 1.29 is 4.42 Å². The fraction of sp³-hybridized carbons (Fsp3) is 0. The van der Waals surface area contributed by atoms with Crippen LogP contribution in [-0.2, 0) is 0 Å². The van der Waals surface area contributed by atoms with Crippen molar-refractivity contribution in [3.8, 4) is 33.8 Å². The zero-order chi connectivity index (χ0) is 38.6. The van der Waals surface area contributed by atoms with Crippen molar-refractivity contribution in [1.82, 2.24) is 14.1 Å². The Hall–Kier alpha value is -7.95. The number of pyridine rings is 1. The molecule has 0 fully saturated rings. The molecule has 4 aromatic heterocycles. The summed E-state index contributed by atoms with van der Waals surface area (Å²) < 4.78 is 11.7. The van der Waals surface area contributed by atoms with Gasteiger partial charge in [-0.05, 0) is 77.9 Å². The van der Waals surface area contributed by atoms with Gasteiger partial charge in [-0.1, -0.05) is 133 Å². The van der Waals surface area contributed by atoms with Gasteiger partial charge in [0.1, 0.15) is 5.58 Å². The third-order valence-electron chi connectivity index (χ3n) is 12.3. The van der Waals surface area contributed by atoms with Gasteiger partial charge in [0, 0.05) is 59.7 Å². The van der Waals surface area contributed by atoms with Crippen LogP contribution in [0.5, 0.6) is 0 Å². The first-order valence-electron chi connectivity index (χ1n) is 20.1. The molecule has 9 aromatic carbocycles. The number of rotatable bonds is 4. The van der Waals surface area contributed by atoms with Gasteiger partial charge < -0.3 is 13.6 Å². The number of hydrogen-bond acceptors (Lipinski definition) is 2. The van der Waals surface area contributed by atoms with E-state index in [-0.39, 0.29) is 0 Å². The van der Waals surface area contributed by atoms with Crippen LogP contribution in [0.2, 0.25) is 0 Å². The Bertz CT molecular complexity index is 3830. The van der Waals surface area contributed by atoms with Gasteiger partial charge in [0.25, 0.3) is 0 Å². The van der Waals surface area contributed by atoms with Crippen LogP contribution in [0.15, 0.2) is 205 Å². The van der Waals surface area contributed by atoms with E-state index in [2.05, 4.69) is 209 Å². The molecule has 13 rings (SSSR count). The molecule has 13 aromatic rings. The van der Waals surface area contributed by atoms with Crippen LogP contribution in [0.4, 0.5) is 0 Å². The van der Waals surface area contributed by atoms with Gasteiger partial charge in [0.05, 0.1) is 39.0 Å². The molecule has 0 unspecified atom stereocenters. The summed E-state index contributed by atoms with van der Waals surface area (Å²) in [5.74, 6) is 0. The summed E-state index contributed by atoms with van der Waals surface area (Å²) in [6.07, 6.45) is 0. The number of furan rings is 1. The first kappa shape index (κ1) is 32.2. The molecule has 0 amide bonds. The Kier molecular flexibility index (Phi) is 6.69. The summed E-state index contributed by atoms with van der Waals surface area (Å²) in [4.78, 5) is 5.35.